The molecule has 2 nitrogen and oxygen atoms in total. The lowest BCUT2D eigenvalue weighted by molar-refractivity contribution is 0.0860. The summed E-state index contributed by atoms with van der Waals surface area (Å²) < 4.78 is 0. The molecule has 0 saturated heterocycles. The molecule has 2 heteroatoms. The van der Waals surface area contributed by atoms with Gasteiger partial charge in [-0.1, -0.05) is 71.1 Å². The topological polar surface area (TPSA) is 40.5 Å². The predicted molar refractivity (Wildman–Crippen MR) is 69.6 cm³/mol. The van der Waals surface area contributed by atoms with E-state index in [9.17, 15) is 0 Å². The van der Waals surface area contributed by atoms with E-state index < -0.39 is 6.10 Å². The highest BCUT2D eigenvalue weighted by molar-refractivity contribution is 4.53. The summed E-state index contributed by atoms with van der Waals surface area (Å²) in [5, 5.41) is 17.8. The fraction of sp³-hybridized carbons (Fsp3) is 1.00. The van der Waals surface area contributed by atoms with Crippen molar-refractivity contribution in [3.63, 3.8) is 0 Å². The van der Waals surface area contributed by atoms with E-state index in [1.807, 2.05) is 0 Å². The highest BCUT2D eigenvalue weighted by atomic mass is 16.3. The van der Waals surface area contributed by atoms with Gasteiger partial charge in [-0.2, -0.15) is 0 Å². The number of aliphatic hydroxyl groups is 2. The maximum atomic E-state index is 9.13. The van der Waals surface area contributed by atoms with Crippen LogP contribution in [0.1, 0.15) is 77.6 Å². The Bertz CT molecular complexity index is 126. The first kappa shape index (κ1) is 15.9. The van der Waals surface area contributed by atoms with Crippen molar-refractivity contribution in [1.82, 2.24) is 0 Å². The molecule has 16 heavy (non-hydrogen) atoms. The zero-order valence-electron chi connectivity index (χ0n) is 11.0. The van der Waals surface area contributed by atoms with Gasteiger partial charge in [-0.3, -0.25) is 0 Å². The first-order valence-electron chi connectivity index (χ1n) is 7.10. The van der Waals surface area contributed by atoms with Crippen molar-refractivity contribution in [2.45, 2.75) is 83.7 Å². The van der Waals surface area contributed by atoms with Crippen LogP contribution in [0.25, 0.3) is 0 Å². The minimum absolute atomic E-state index is 0.0859. The molecule has 0 bridgehead atoms. The third kappa shape index (κ3) is 12.0. The highest BCUT2D eigenvalue weighted by Crippen LogP contribution is 2.11. The second-order valence-electron chi connectivity index (χ2n) is 4.81. The molecule has 0 heterocycles. The average Bonchev–Trinajstić information content (AvgIpc) is 2.31. The zero-order valence-corrected chi connectivity index (χ0v) is 11.0. The van der Waals surface area contributed by atoms with Gasteiger partial charge in [-0.25, -0.2) is 0 Å². The van der Waals surface area contributed by atoms with E-state index in [0.717, 1.165) is 12.8 Å². The molecule has 98 valence electrons. The van der Waals surface area contributed by atoms with Gasteiger partial charge in [0.25, 0.3) is 0 Å². The lowest BCUT2D eigenvalue weighted by Crippen LogP contribution is -2.10. The van der Waals surface area contributed by atoms with Gasteiger partial charge in [0, 0.05) is 0 Å². The maximum Gasteiger partial charge on any atom is 0.0770 e. The van der Waals surface area contributed by atoms with E-state index in [1.165, 1.54) is 57.8 Å². The minimum atomic E-state index is -0.492. The van der Waals surface area contributed by atoms with E-state index in [-0.39, 0.29) is 6.61 Å². The lowest BCUT2D eigenvalue weighted by Gasteiger charge is -2.06. The van der Waals surface area contributed by atoms with Crippen molar-refractivity contribution in [3.8, 4) is 0 Å². The third-order valence-electron chi connectivity index (χ3n) is 3.10. The molecule has 0 aliphatic carbocycles. The van der Waals surface area contributed by atoms with Gasteiger partial charge in [-0.05, 0) is 6.42 Å². The molecule has 0 aromatic rings. The maximum absolute atomic E-state index is 9.13. The molecule has 1 atom stereocenters. The Morgan fingerprint density at radius 1 is 0.750 bits per heavy atom. The Labute approximate surface area is 101 Å². The summed E-state index contributed by atoms with van der Waals surface area (Å²) in [6, 6.07) is 0. The molecule has 0 spiro atoms. The summed E-state index contributed by atoms with van der Waals surface area (Å²) >= 11 is 0. The second-order valence-corrected chi connectivity index (χ2v) is 4.81. The summed E-state index contributed by atoms with van der Waals surface area (Å²) in [7, 11) is 0. The molecule has 0 rings (SSSR count). The normalized spacial score (nSPS) is 12.9. The van der Waals surface area contributed by atoms with Crippen molar-refractivity contribution in [2.24, 2.45) is 0 Å². The van der Waals surface area contributed by atoms with Gasteiger partial charge < -0.3 is 10.2 Å². The summed E-state index contributed by atoms with van der Waals surface area (Å²) in [5.74, 6) is 0. The van der Waals surface area contributed by atoms with E-state index >= 15 is 0 Å². The van der Waals surface area contributed by atoms with Gasteiger partial charge >= 0.3 is 0 Å². The standard InChI is InChI=1S/C14H30O2/c1-2-3-4-5-6-7-8-9-10-11-12-14(16)13-15/h14-16H,2-13H2,1H3. The van der Waals surface area contributed by atoms with Crippen LogP contribution in [-0.2, 0) is 0 Å². The van der Waals surface area contributed by atoms with E-state index in [4.69, 9.17) is 10.2 Å². The van der Waals surface area contributed by atoms with Crippen LogP contribution in [0.3, 0.4) is 0 Å². The fourth-order valence-electron chi connectivity index (χ4n) is 1.96. The van der Waals surface area contributed by atoms with Crippen LogP contribution in [0, 0.1) is 0 Å². The van der Waals surface area contributed by atoms with Gasteiger partial charge in [0.1, 0.15) is 0 Å². The van der Waals surface area contributed by atoms with Gasteiger partial charge in [0.15, 0.2) is 0 Å². The Kier molecular flexibility index (Phi) is 12.9. The molecular formula is C14H30O2. The van der Waals surface area contributed by atoms with E-state index in [2.05, 4.69) is 6.92 Å². The lowest BCUT2D eigenvalue weighted by atomic mass is 10.0. The summed E-state index contributed by atoms with van der Waals surface area (Å²) in [4.78, 5) is 0. The van der Waals surface area contributed by atoms with Crippen molar-refractivity contribution in [2.75, 3.05) is 6.61 Å². The molecular weight excluding hydrogens is 200 g/mol. The Morgan fingerprint density at radius 2 is 1.19 bits per heavy atom. The Hall–Kier alpha value is -0.0800. The predicted octanol–water partition coefficient (Wildman–Crippen LogP) is 3.65. The molecule has 0 fully saturated rings. The molecule has 0 aromatic carbocycles. The third-order valence-corrected chi connectivity index (χ3v) is 3.10. The summed E-state index contributed by atoms with van der Waals surface area (Å²) in [6.07, 6.45) is 13.4. The molecule has 0 aliphatic rings. The Morgan fingerprint density at radius 3 is 1.62 bits per heavy atom. The van der Waals surface area contributed by atoms with Crippen molar-refractivity contribution in [1.29, 1.82) is 0 Å². The number of aliphatic hydroxyl groups excluding tert-OH is 2. The fourth-order valence-corrected chi connectivity index (χ4v) is 1.96. The molecule has 0 saturated carbocycles. The van der Waals surface area contributed by atoms with Crippen LogP contribution in [0.15, 0.2) is 0 Å². The van der Waals surface area contributed by atoms with Crippen LogP contribution in [0.2, 0.25) is 0 Å². The van der Waals surface area contributed by atoms with Crippen molar-refractivity contribution >= 4 is 0 Å². The Balaban J connectivity index is 2.93. The molecule has 0 amide bonds. The highest BCUT2D eigenvalue weighted by Gasteiger charge is 2.00. The van der Waals surface area contributed by atoms with E-state index in [1.54, 1.807) is 0 Å². The van der Waals surface area contributed by atoms with Gasteiger partial charge in [0.05, 0.1) is 12.7 Å². The van der Waals surface area contributed by atoms with Crippen molar-refractivity contribution < 1.29 is 10.2 Å². The SMILES string of the molecule is CCCCCCCCCCCCC(O)CO. The van der Waals surface area contributed by atoms with E-state index in [0.29, 0.717) is 0 Å². The molecule has 2 N–H and O–H groups in total. The quantitative estimate of drug-likeness (QED) is 0.502. The van der Waals surface area contributed by atoms with Gasteiger partial charge in [0.2, 0.25) is 0 Å². The van der Waals surface area contributed by atoms with Crippen LogP contribution < -0.4 is 0 Å². The largest absolute Gasteiger partial charge is 0.394 e. The molecule has 0 aliphatic heterocycles. The van der Waals surface area contributed by atoms with Crippen LogP contribution in [-0.4, -0.2) is 22.9 Å². The molecule has 1 unspecified atom stereocenters. The first-order valence-corrected chi connectivity index (χ1v) is 7.10. The number of unbranched alkanes of at least 4 members (excludes halogenated alkanes) is 9. The van der Waals surface area contributed by atoms with Crippen molar-refractivity contribution in [3.05, 3.63) is 0 Å². The smallest absolute Gasteiger partial charge is 0.0770 e. The van der Waals surface area contributed by atoms with Crippen LogP contribution >= 0.6 is 0 Å². The summed E-state index contributed by atoms with van der Waals surface area (Å²) in [5.41, 5.74) is 0. The van der Waals surface area contributed by atoms with Crippen LogP contribution in [0.4, 0.5) is 0 Å². The number of hydrogen-bond donors (Lipinski definition) is 2. The van der Waals surface area contributed by atoms with Gasteiger partial charge in [-0.15, -0.1) is 0 Å². The molecule has 0 radical (unpaired) electrons. The number of hydrogen-bond acceptors (Lipinski definition) is 2. The second kappa shape index (κ2) is 13.0. The summed E-state index contributed by atoms with van der Waals surface area (Å²) in [6.45, 7) is 2.16. The first-order chi connectivity index (χ1) is 7.81. The van der Waals surface area contributed by atoms with Crippen LogP contribution in [0.5, 0.6) is 0 Å². The monoisotopic (exact) mass is 230 g/mol. The minimum Gasteiger partial charge on any atom is -0.394 e. The number of rotatable bonds is 12. The molecule has 0 aromatic heterocycles. The average molecular weight is 230 g/mol. The zero-order chi connectivity index (χ0) is 12.1.